The van der Waals surface area contributed by atoms with Gasteiger partial charge in [0.2, 0.25) is 0 Å². The maximum absolute atomic E-state index is 13.6. The third-order valence-corrected chi connectivity index (χ3v) is 5.14. The molecule has 4 aromatic rings. The summed E-state index contributed by atoms with van der Waals surface area (Å²) in [5.74, 6) is 0.439. The highest BCUT2D eigenvalue weighted by Crippen LogP contribution is 2.35. The number of rotatable bonds is 5. The van der Waals surface area contributed by atoms with Gasteiger partial charge in [0.1, 0.15) is 28.7 Å². The number of nitrogens with zero attached hydrogens (tertiary/aromatic N) is 3. The van der Waals surface area contributed by atoms with Gasteiger partial charge in [-0.25, -0.2) is 14.4 Å². The first-order chi connectivity index (χ1) is 14.0. The van der Waals surface area contributed by atoms with Crippen molar-refractivity contribution >= 4 is 28.0 Å². The summed E-state index contributed by atoms with van der Waals surface area (Å²) < 4.78 is 25.7. The first kappa shape index (κ1) is 18.9. The molecule has 0 saturated carbocycles. The van der Waals surface area contributed by atoms with E-state index < -0.39 is 11.7 Å². The van der Waals surface area contributed by atoms with Gasteiger partial charge in [-0.3, -0.25) is 14.5 Å². The van der Waals surface area contributed by atoms with E-state index in [0.717, 1.165) is 5.56 Å². The molecular weight excluding hydrogens is 395 g/mol. The van der Waals surface area contributed by atoms with Crippen LogP contribution in [0.3, 0.4) is 0 Å². The quantitative estimate of drug-likeness (QED) is 0.532. The van der Waals surface area contributed by atoms with Crippen molar-refractivity contribution in [1.29, 1.82) is 0 Å². The highest BCUT2D eigenvalue weighted by Gasteiger charge is 2.19. The van der Waals surface area contributed by atoms with E-state index >= 15 is 0 Å². The molecule has 0 unspecified atom stereocenters. The highest BCUT2D eigenvalue weighted by atomic mass is 32.1. The van der Waals surface area contributed by atoms with Crippen molar-refractivity contribution in [1.82, 2.24) is 14.4 Å². The normalized spacial score (nSPS) is 10.9. The number of aryl methyl sites for hydroxylation is 1. The number of nitrogens with one attached hydrogen (secondary N) is 1. The minimum absolute atomic E-state index is 0.259. The number of thiazole rings is 1. The number of imidazole rings is 1. The van der Waals surface area contributed by atoms with Crippen LogP contribution in [0, 0.1) is 12.7 Å². The number of carbonyl (C=O) groups is 1. The number of methoxy groups -OCH3 is 2. The van der Waals surface area contributed by atoms with Crippen molar-refractivity contribution in [3.8, 4) is 22.8 Å². The van der Waals surface area contributed by atoms with Gasteiger partial charge in [-0.2, -0.15) is 0 Å². The Morgan fingerprint density at radius 1 is 1.17 bits per heavy atom. The number of hydrogen-bond acceptors (Lipinski definition) is 6. The summed E-state index contributed by atoms with van der Waals surface area (Å²) in [5, 5.41) is 4.98. The van der Waals surface area contributed by atoms with Crippen LogP contribution in [-0.4, -0.2) is 34.5 Å². The number of hydrogen-bond donors (Lipinski definition) is 1. The molecule has 1 aromatic carbocycles. The van der Waals surface area contributed by atoms with Gasteiger partial charge in [0.05, 0.1) is 25.6 Å². The van der Waals surface area contributed by atoms with Crippen LogP contribution in [0.2, 0.25) is 0 Å². The second kappa shape index (κ2) is 7.51. The Bertz CT molecular complexity index is 1220. The Labute approximate surface area is 169 Å². The Hall–Kier alpha value is -3.46. The van der Waals surface area contributed by atoms with E-state index in [4.69, 9.17) is 9.47 Å². The summed E-state index contributed by atoms with van der Waals surface area (Å²) in [4.78, 5) is 21.6. The second-order valence-electron chi connectivity index (χ2n) is 6.18. The first-order valence-electron chi connectivity index (χ1n) is 8.63. The molecule has 0 saturated heterocycles. The molecule has 0 aliphatic rings. The Balaban J connectivity index is 1.65. The molecule has 0 aliphatic heterocycles. The van der Waals surface area contributed by atoms with Crippen LogP contribution >= 0.6 is 11.3 Å². The fourth-order valence-electron chi connectivity index (χ4n) is 3.04. The minimum Gasteiger partial charge on any atom is -0.497 e. The topological polar surface area (TPSA) is 77.8 Å². The average molecular weight is 412 g/mol. The lowest BCUT2D eigenvalue weighted by atomic mass is 10.1. The number of fused-ring (bicyclic) bond motifs is 1. The van der Waals surface area contributed by atoms with Gasteiger partial charge < -0.3 is 9.47 Å². The van der Waals surface area contributed by atoms with Gasteiger partial charge in [-0.15, -0.1) is 11.3 Å². The molecule has 29 heavy (non-hydrogen) atoms. The zero-order chi connectivity index (χ0) is 20.5. The molecule has 0 aliphatic carbocycles. The lowest BCUT2D eigenvalue weighted by Crippen LogP contribution is -2.15. The molecule has 3 aromatic heterocycles. The Morgan fingerprint density at radius 2 is 2.00 bits per heavy atom. The van der Waals surface area contributed by atoms with Gasteiger partial charge in [-0.05, 0) is 37.3 Å². The van der Waals surface area contributed by atoms with Crippen LogP contribution in [0.25, 0.3) is 16.9 Å². The van der Waals surface area contributed by atoms with Crippen molar-refractivity contribution in [3.05, 3.63) is 59.1 Å². The van der Waals surface area contributed by atoms with E-state index in [-0.39, 0.29) is 5.69 Å². The van der Waals surface area contributed by atoms with Gasteiger partial charge in [0.15, 0.2) is 5.13 Å². The van der Waals surface area contributed by atoms with Gasteiger partial charge in [-0.1, -0.05) is 0 Å². The lowest BCUT2D eigenvalue weighted by Gasteiger charge is -2.08. The van der Waals surface area contributed by atoms with E-state index in [1.165, 1.54) is 34.1 Å². The molecule has 7 nitrogen and oxygen atoms in total. The molecule has 0 radical (unpaired) electrons. The molecule has 9 heteroatoms. The van der Waals surface area contributed by atoms with Crippen LogP contribution in [0.15, 0.2) is 41.9 Å². The van der Waals surface area contributed by atoms with E-state index in [1.807, 2.05) is 11.4 Å². The number of anilines is 1. The summed E-state index contributed by atoms with van der Waals surface area (Å²) in [5.41, 5.74) is 2.64. The largest absolute Gasteiger partial charge is 0.497 e. The summed E-state index contributed by atoms with van der Waals surface area (Å²) in [6.45, 7) is 1.70. The molecule has 1 amide bonds. The lowest BCUT2D eigenvalue weighted by molar-refractivity contribution is 0.102. The predicted molar refractivity (Wildman–Crippen MR) is 108 cm³/mol. The molecule has 0 fully saturated rings. The Morgan fingerprint density at radius 3 is 2.76 bits per heavy atom. The minimum atomic E-state index is -0.453. The van der Waals surface area contributed by atoms with Crippen LogP contribution < -0.4 is 14.8 Å². The van der Waals surface area contributed by atoms with Crippen molar-refractivity contribution in [3.63, 3.8) is 0 Å². The number of carbonyl (C=O) groups excluding carboxylic acids is 1. The standard InChI is InChI=1S/C20H17FN4O3S/c1-11-18(25-9-12(21)4-7-17(25)22-11)19(26)24-20-23-15(10-29-20)14-8-13(27-2)5-6-16(14)28-3/h4-10H,1-3H3,(H,23,24,26). The molecule has 148 valence electrons. The number of aromatic nitrogens is 3. The molecule has 1 N–H and O–H groups in total. The van der Waals surface area contributed by atoms with E-state index in [9.17, 15) is 9.18 Å². The molecule has 0 atom stereocenters. The maximum atomic E-state index is 13.6. The van der Waals surface area contributed by atoms with Gasteiger partial charge >= 0.3 is 0 Å². The van der Waals surface area contributed by atoms with Crippen LogP contribution in [-0.2, 0) is 0 Å². The third kappa shape index (κ3) is 3.52. The second-order valence-corrected chi connectivity index (χ2v) is 7.04. The zero-order valence-electron chi connectivity index (χ0n) is 15.9. The van der Waals surface area contributed by atoms with Crippen molar-refractivity contribution in [2.24, 2.45) is 0 Å². The van der Waals surface area contributed by atoms with Crippen molar-refractivity contribution in [2.75, 3.05) is 19.5 Å². The molecule has 0 spiro atoms. The van der Waals surface area contributed by atoms with Crippen molar-refractivity contribution < 1.29 is 18.7 Å². The fraction of sp³-hybridized carbons (Fsp3) is 0.150. The Kier molecular flexibility index (Phi) is 4.89. The van der Waals surface area contributed by atoms with E-state index in [0.29, 0.717) is 33.7 Å². The summed E-state index contributed by atoms with van der Waals surface area (Å²) >= 11 is 1.27. The monoisotopic (exact) mass is 412 g/mol. The maximum Gasteiger partial charge on any atom is 0.276 e. The number of halogens is 1. The number of pyridine rings is 1. The molecule has 0 bridgehead atoms. The summed E-state index contributed by atoms with van der Waals surface area (Å²) in [7, 11) is 3.16. The summed E-state index contributed by atoms with van der Waals surface area (Å²) in [6.07, 6.45) is 1.23. The SMILES string of the molecule is COc1ccc(OC)c(-c2csc(NC(=O)c3c(C)nc4ccc(F)cn34)n2)c1. The average Bonchev–Trinajstić information content (AvgIpc) is 3.30. The number of amides is 1. The predicted octanol–water partition coefficient (Wildman–Crippen LogP) is 4.17. The van der Waals surface area contributed by atoms with Crippen LogP contribution in [0.5, 0.6) is 11.5 Å². The third-order valence-electron chi connectivity index (χ3n) is 4.38. The van der Waals surface area contributed by atoms with E-state index in [2.05, 4.69) is 15.3 Å². The zero-order valence-corrected chi connectivity index (χ0v) is 16.7. The van der Waals surface area contributed by atoms with Crippen molar-refractivity contribution in [2.45, 2.75) is 6.92 Å². The molecule has 4 rings (SSSR count). The fourth-order valence-corrected chi connectivity index (χ4v) is 3.74. The van der Waals surface area contributed by atoms with Crippen LogP contribution in [0.4, 0.5) is 9.52 Å². The smallest absolute Gasteiger partial charge is 0.276 e. The molecular formula is C20H17FN4O3S. The first-order valence-corrected chi connectivity index (χ1v) is 9.51. The van der Waals surface area contributed by atoms with Gasteiger partial charge in [0.25, 0.3) is 5.91 Å². The number of benzene rings is 1. The van der Waals surface area contributed by atoms with Crippen LogP contribution in [0.1, 0.15) is 16.2 Å². The van der Waals surface area contributed by atoms with E-state index in [1.54, 1.807) is 33.3 Å². The summed E-state index contributed by atoms with van der Waals surface area (Å²) in [6, 6.07) is 8.23. The number of ether oxygens (including phenoxy) is 2. The highest BCUT2D eigenvalue weighted by molar-refractivity contribution is 7.14. The molecule has 3 heterocycles. The van der Waals surface area contributed by atoms with Gasteiger partial charge in [0, 0.05) is 17.1 Å².